The van der Waals surface area contributed by atoms with Gasteiger partial charge in [-0.2, -0.15) is 0 Å². The molecule has 3 N–H and O–H groups in total. The van der Waals surface area contributed by atoms with Crippen LogP contribution in [-0.4, -0.2) is 38.5 Å². The van der Waals surface area contributed by atoms with Crippen LogP contribution >= 0.6 is 0 Å². The van der Waals surface area contributed by atoms with Gasteiger partial charge in [0.15, 0.2) is 6.29 Å². The molecule has 0 bridgehead atoms. The maximum absolute atomic E-state index is 11.3. The summed E-state index contributed by atoms with van der Waals surface area (Å²) in [5.74, 6) is -0.0911. The van der Waals surface area contributed by atoms with Crippen LogP contribution in [0.3, 0.4) is 0 Å². The van der Waals surface area contributed by atoms with E-state index in [0.717, 1.165) is 0 Å². The van der Waals surface area contributed by atoms with Gasteiger partial charge >= 0.3 is 0 Å². The molecule has 14 heavy (non-hydrogen) atoms. The maximum Gasteiger partial charge on any atom is 0.221 e. The molecule has 0 aromatic carbocycles. The summed E-state index contributed by atoms with van der Waals surface area (Å²) in [5.41, 5.74) is 5.49. The SMILES string of the molecule is COC(OC)C(C)NC(=O)CC(C)N. The van der Waals surface area contributed by atoms with Crippen LogP contribution in [0.5, 0.6) is 0 Å². The average molecular weight is 204 g/mol. The zero-order chi connectivity index (χ0) is 11.1. The smallest absolute Gasteiger partial charge is 0.221 e. The van der Waals surface area contributed by atoms with Crippen molar-refractivity contribution in [2.24, 2.45) is 5.73 Å². The molecule has 0 aliphatic heterocycles. The first-order valence-electron chi connectivity index (χ1n) is 4.61. The van der Waals surface area contributed by atoms with Crippen molar-refractivity contribution in [3.05, 3.63) is 0 Å². The fourth-order valence-electron chi connectivity index (χ4n) is 1.18. The molecule has 2 atom stereocenters. The van der Waals surface area contributed by atoms with Gasteiger partial charge in [0.25, 0.3) is 0 Å². The number of nitrogens with one attached hydrogen (secondary N) is 1. The van der Waals surface area contributed by atoms with E-state index < -0.39 is 6.29 Å². The molecule has 0 aliphatic carbocycles. The Morgan fingerprint density at radius 3 is 2.21 bits per heavy atom. The van der Waals surface area contributed by atoms with Crippen LogP contribution in [-0.2, 0) is 14.3 Å². The van der Waals surface area contributed by atoms with Crippen LogP contribution in [0.2, 0.25) is 0 Å². The van der Waals surface area contributed by atoms with E-state index in [1.165, 1.54) is 14.2 Å². The molecular formula is C9H20N2O3. The lowest BCUT2D eigenvalue weighted by Crippen LogP contribution is -2.44. The van der Waals surface area contributed by atoms with E-state index in [1.54, 1.807) is 6.92 Å². The van der Waals surface area contributed by atoms with Gasteiger partial charge in [-0.3, -0.25) is 4.79 Å². The summed E-state index contributed by atoms with van der Waals surface area (Å²) in [4.78, 5) is 11.3. The second-order valence-corrected chi connectivity index (χ2v) is 3.38. The lowest BCUT2D eigenvalue weighted by molar-refractivity contribution is -0.136. The lowest BCUT2D eigenvalue weighted by Gasteiger charge is -2.22. The molecule has 0 aromatic heterocycles. The fraction of sp³-hybridized carbons (Fsp3) is 0.889. The van der Waals surface area contributed by atoms with E-state index in [2.05, 4.69) is 5.32 Å². The second-order valence-electron chi connectivity index (χ2n) is 3.38. The standard InChI is InChI=1S/C9H20N2O3/c1-6(10)5-8(12)11-7(2)9(13-3)14-4/h6-7,9H,5,10H2,1-4H3,(H,11,12). The number of methoxy groups -OCH3 is 2. The molecule has 0 saturated heterocycles. The number of nitrogens with two attached hydrogens (primary N) is 1. The Morgan fingerprint density at radius 1 is 1.36 bits per heavy atom. The van der Waals surface area contributed by atoms with Gasteiger partial charge in [0.05, 0.1) is 6.04 Å². The molecule has 5 nitrogen and oxygen atoms in total. The summed E-state index contributed by atoms with van der Waals surface area (Å²) < 4.78 is 10.00. The summed E-state index contributed by atoms with van der Waals surface area (Å²) >= 11 is 0. The van der Waals surface area contributed by atoms with Gasteiger partial charge < -0.3 is 20.5 Å². The number of carbonyl (C=O) groups is 1. The number of hydrogen-bond acceptors (Lipinski definition) is 4. The second kappa shape index (κ2) is 6.75. The first kappa shape index (κ1) is 13.4. The predicted octanol–water partition coefficient (Wildman–Crippen LogP) is -0.153. The number of hydrogen-bond donors (Lipinski definition) is 2. The molecule has 0 spiro atoms. The topological polar surface area (TPSA) is 73.6 Å². The third-order valence-electron chi connectivity index (χ3n) is 1.77. The zero-order valence-corrected chi connectivity index (χ0v) is 9.24. The zero-order valence-electron chi connectivity index (χ0n) is 9.24. The van der Waals surface area contributed by atoms with Gasteiger partial charge in [-0.15, -0.1) is 0 Å². The Labute approximate surface area is 84.9 Å². The molecule has 0 rings (SSSR count). The molecule has 1 amide bonds. The van der Waals surface area contributed by atoms with Crippen LogP contribution in [0, 0.1) is 0 Å². The van der Waals surface area contributed by atoms with Crippen molar-refractivity contribution in [2.75, 3.05) is 14.2 Å². The quantitative estimate of drug-likeness (QED) is 0.590. The van der Waals surface area contributed by atoms with Gasteiger partial charge in [0.1, 0.15) is 0 Å². The largest absolute Gasteiger partial charge is 0.354 e. The molecule has 0 radical (unpaired) electrons. The molecule has 0 saturated carbocycles. The Morgan fingerprint density at radius 2 is 1.86 bits per heavy atom. The van der Waals surface area contributed by atoms with Crippen LogP contribution in [0.25, 0.3) is 0 Å². The predicted molar refractivity (Wildman–Crippen MR) is 53.7 cm³/mol. The van der Waals surface area contributed by atoms with E-state index in [9.17, 15) is 4.79 Å². The minimum atomic E-state index is -0.424. The molecule has 84 valence electrons. The van der Waals surface area contributed by atoms with Gasteiger partial charge in [0, 0.05) is 26.7 Å². The van der Waals surface area contributed by atoms with Crippen molar-refractivity contribution in [2.45, 2.75) is 38.6 Å². The Kier molecular flexibility index (Phi) is 6.44. The monoisotopic (exact) mass is 204 g/mol. The molecular weight excluding hydrogens is 184 g/mol. The van der Waals surface area contributed by atoms with Crippen LogP contribution in [0.15, 0.2) is 0 Å². The van der Waals surface area contributed by atoms with Crippen molar-refractivity contribution in [1.82, 2.24) is 5.32 Å². The maximum atomic E-state index is 11.3. The van der Waals surface area contributed by atoms with Gasteiger partial charge in [-0.25, -0.2) is 0 Å². The molecule has 0 aliphatic rings. The Bertz CT molecular complexity index is 169. The van der Waals surface area contributed by atoms with Gasteiger partial charge in [-0.05, 0) is 13.8 Å². The van der Waals surface area contributed by atoms with Crippen LogP contribution in [0.1, 0.15) is 20.3 Å². The first-order valence-corrected chi connectivity index (χ1v) is 4.61. The lowest BCUT2D eigenvalue weighted by atomic mass is 10.2. The van der Waals surface area contributed by atoms with E-state index in [-0.39, 0.29) is 18.0 Å². The summed E-state index contributed by atoms with van der Waals surface area (Å²) in [5, 5.41) is 2.74. The third kappa shape index (κ3) is 5.16. The van der Waals surface area contributed by atoms with E-state index in [0.29, 0.717) is 6.42 Å². The van der Waals surface area contributed by atoms with Crippen molar-refractivity contribution in [3.8, 4) is 0 Å². The summed E-state index contributed by atoms with van der Waals surface area (Å²) in [6.45, 7) is 3.60. The molecule has 0 fully saturated rings. The number of ether oxygens (including phenoxy) is 2. The van der Waals surface area contributed by atoms with Crippen molar-refractivity contribution in [1.29, 1.82) is 0 Å². The molecule has 0 aromatic rings. The highest BCUT2D eigenvalue weighted by Crippen LogP contribution is 1.99. The van der Waals surface area contributed by atoms with Gasteiger partial charge in [0.2, 0.25) is 5.91 Å². The van der Waals surface area contributed by atoms with Crippen LogP contribution < -0.4 is 11.1 Å². The Hall–Kier alpha value is -0.650. The summed E-state index contributed by atoms with van der Waals surface area (Å²) in [7, 11) is 3.06. The normalized spacial score (nSPS) is 15.3. The molecule has 5 heteroatoms. The van der Waals surface area contributed by atoms with Crippen molar-refractivity contribution >= 4 is 5.91 Å². The fourth-order valence-corrected chi connectivity index (χ4v) is 1.18. The van der Waals surface area contributed by atoms with E-state index in [1.807, 2.05) is 6.92 Å². The number of amides is 1. The number of rotatable bonds is 6. The molecule has 2 unspecified atom stereocenters. The highest BCUT2D eigenvalue weighted by Gasteiger charge is 2.18. The highest BCUT2D eigenvalue weighted by molar-refractivity contribution is 5.76. The van der Waals surface area contributed by atoms with Crippen molar-refractivity contribution in [3.63, 3.8) is 0 Å². The third-order valence-corrected chi connectivity index (χ3v) is 1.77. The average Bonchev–Trinajstić information content (AvgIpc) is 2.04. The summed E-state index contributed by atoms with van der Waals surface area (Å²) in [6.07, 6.45) is -0.114. The molecule has 0 heterocycles. The Balaban J connectivity index is 3.91. The minimum Gasteiger partial charge on any atom is -0.354 e. The van der Waals surface area contributed by atoms with E-state index in [4.69, 9.17) is 15.2 Å². The van der Waals surface area contributed by atoms with Crippen molar-refractivity contribution < 1.29 is 14.3 Å². The highest BCUT2D eigenvalue weighted by atomic mass is 16.7. The summed E-state index contributed by atoms with van der Waals surface area (Å²) in [6, 6.07) is -0.318. The number of carbonyl (C=O) groups excluding carboxylic acids is 1. The van der Waals surface area contributed by atoms with Crippen LogP contribution in [0.4, 0.5) is 0 Å². The minimum absolute atomic E-state index is 0.0911. The van der Waals surface area contributed by atoms with Gasteiger partial charge in [-0.1, -0.05) is 0 Å². The van der Waals surface area contributed by atoms with E-state index >= 15 is 0 Å². The first-order chi connectivity index (χ1) is 6.51.